The molecule has 0 spiro atoms. The SMILES string of the molecule is CC(C)CCNC(=O)C(C)Oc1ccc(C(N)=S)c(F)c1. The maximum absolute atomic E-state index is 13.7. The molecule has 0 saturated carbocycles. The molecule has 1 amide bonds. The van der Waals surface area contributed by atoms with Crippen LogP contribution in [0.15, 0.2) is 18.2 Å². The van der Waals surface area contributed by atoms with Gasteiger partial charge in [0.1, 0.15) is 16.6 Å². The van der Waals surface area contributed by atoms with Crippen LogP contribution in [0.5, 0.6) is 5.75 Å². The van der Waals surface area contributed by atoms with Crippen molar-refractivity contribution in [3.63, 3.8) is 0 Å². The Balaban J connectivity index is 2.58. The number of rotatable bonds is 7. The van der Waals surface area contributed by atoms with E-state index in [1.165, 1.54) is 18.2 Å². The predicted octanol–water partition coefficient (Wildman–Crippen LogP) is 2.39. The lowest BCUT2D eigenvalue weighted by Gasteiger charge is -2.15. The first-order valence-corrected chi connectivity index (χ1v) is 7.25. The molecule has 1 atom stereocenters. The molecule has 0 heterocycles. The van der Waals surface area contributed by atoms with Crippen LogP contribution in [-0.4, -0.2) is 23.5 Å². The molecule has 0 bridgehead atoms. The van der Waals surface area contributed by atoms with Gasteiger partial charge in [-0.15, -0.1) is 0 Å². The predicted molar refractivity (Wildman–Crippen MR) is 84.8 cm³/mol. The van der Waals surface area contributed by atoms with Gasteiger partial charge in [0.05, 0.1) is 0 Å². The van der Waals surface area contributed by atoms with Crippen molar-refractivity contribution in [1.29, 1.82) is 0 Å². The third kappa shape index (κ3) is 5.67. The zero-order valence-electron chi connectivity index (χ0n) is 12.5. The molecule has 116 valence electrons. The quantitative estimate of drug-likeness (QED) is 0.759. The van der Waals surface area contributed by atoms with Crippen LogP contribution in [0.4, 0.5) is 4.39 Å². The minimum absolute atomic E-state index is 0.0153. The Bertz CT molecular complexity index is 520. The Labute approximate surface area is 129 Å². The van der Waals surface area contributed by atoms with E-state index in [-0.39, 0.29) is 22.2 Å². The van der Waals surface area contributed by atoms with Crippen molar-refractivity contribution in [1.82, 2.24) is 5.32 Å². The number of ether oxygens (including phenoxy) is 1. The van der Waals surface area contributed by atoms with Crippen molar-refractivity contribution in [2.24, 2.45) is 11.7 Å². The average molecular weight is 312 g/mol. The maximum atomic E-state index is 13.7. The molecule has 0 aliphatic heterocycles. The standard InChI is InChI=1S/C15H21FN2O2S/c1-9(2)6-7-18-15(19)10(3)20-11-4-5-12(14(17)21)13(16)8-11/h4-5,8-10H,6-7H2,1-3H3,(H2,17,21)(H,18,19). The van der Waals surface area contributed by atoms with Crippen LogP contribution in [-0.2, 0) is 4.79 Å². The summed E-state index contributed by atoms with van der Waals surface area (Å²) in [6.07, 6.45) is 0.197. The number of amides is 1. The van der Waals surface area contributed by atoms with Crippen LogP contribution in [0.2, 0.25) is 0 Å². The molecule has 1 rings (SSSR count). The molecule has 0 saturated heterocycles. The number of nitrogens with two attached hydrogens (primary N) is 1. The van der Waals surface area contributed by atoms with Gasteiger partial charge >= 0.3 is 0 Å². The lowest BCUT2D eigenvalue weighted by molar-refractivity contribution is -0.127. The van der Waals surface area contributed by atoms with E-state index in [0.29, 0.717) is 12.5 Å². The number of benzene rings is 1. The summed E-state index contributed by atoms with van der Waals surface area (Å²) in [6, 6.07) is 4.15. The Morgan fingerprint density at radius 2 is 2.10 bits per heavy atom. The second-order valence-electron chi connectivity index (χ2n) is 5.24. The summed E-state index contributed by atoms with van der Waals surface area (Å²) in [5.41, 5.74) is 5.54. The fourth-order valence-electron chi connectivity index (χ4n) is 1.65. The molecule has 6 heteroatoms. The monoisotopic (exact) mass is 312 g/mol. The van der Waals surface area contributed by atoms with Crippen LogP contribution in [0.3, 0.4) is 0 Å². The molecule has 0 aliphatic carbocycles. The highest BCUT2D eigenvalue weighted by Gasteiger charge is 2.15. The number of halogens is 1. The van der Waals surface area contributed by atoms with Crippen molar-refractivity contribution in [2.45, 2.75) is 33.3 Å². The lowest BCUT2D eigenvalue weighted by atomic mass is 10.1. The van der Waals surface area contributed by atoms with Gasteiger partial charge in [0, 0.05) is 18.2 Å². The topological polar surface area (TPSA) is 64.3 Å². The Morgan fingerprint density at radius 1 is 1.43 bits per heavy atom. The first kappa shape index (κ1) is 17.4. The van der Waals surface area contributed by atoms with Crippen LogP contribution < -0.4 is 15.8 Å². The van der Waals surface area contributed by atoms with Gasteiger partial charge in [0.15, 0.2) is 6.10 Å². The van der Waals surface area contributed by atoms with Gasteiger partial charge in [-0.05, 0) is 31.4 Å². The molecule has 1 unspecified atom stereocenters. The van der Waals surface area contributed by atoms with Gasteiger partial charge in [-0.25, -0.2) is 4.39 Å². The fraction of sp³-hybridized carbons (Fsp3) is 0.467. The van der Waals surface area contributed by atoms with Gasteiger partial charge in [0.25, 0.3) is 5.91 Å². The first-order valence-electron chi connectivity index (χ1n) is 6.85. The van der Waals surface area contributed by atoms with Crippen molar-refractivity contribution in [2.75, 3.05) is 6.54 Å². The average Bonchev–Trinajstić information content (AvgIpc) is 2.37. The lowest BCUT2D eigenvalue weighted by Crippen LogP contribution is -2.37. The highest BCUT2D eigenvalue weighted by molar-refractivity contribution is 7.80. The van der Waals surface area contributed by atoms with Crippen LogP contribution in [0.25, 0.3) is 0 Å². The Kier molecular flexibility index (Phi) is 6.55. The summed E-state index contributed by atoms with van der Waals surface area (Å²) in [5.74, 6) is -0.0100. The van der Waals surface area contributed by atoms with Crippen molar-refractivity contribution in [3.8, 4) is 5.75 Å². The van der Waals surface area contributed by atoms with Crippen LogP contribution >= 0.6 is 12.2 Å². The number of hydrogen-bond donors (Lipinski definition) is 2. The third-order valence-corrected chi connectivity index (χ3v) is 3.13. The van der Waals surface area contributed by atoms with E-state index >= 15 is 0 Å². The minimum Gasteiger partial charge on any atom is -0.481 e. The summed E-state index contributed by atoms with van der Waals surface area (Å²) in [7, 11) is 0. The zero-order chi connectivity index (χ0) is 16.0. The normalized spacial score (nSPS) is 12.0. The van der Waals surface area contributed by atoms with Crippen molar-refractivity contribution in [3.05, 3.63) is 29.6 Å². The van der Waals surface area contributed by atoms with Crippen LogP contribution in [0.1, 0.15) is 32.8 Å². The van der Waals surface area contributed by atoms with Gasteiger partial charge in [-0.2, -0.15) is 0 Å². The molecular formula is C15H21FN2O2S. The van der Waals surface area contributed by atoms with Gasteiger partial charge in [-0.3, -0.25) is 4.79 Å². The summed E-state index contributed by atoms with van der Waals surface area (Å²) in [5, 5.41) is 2.78. The highest BCUT2D eigenvalue weighted by Crippen LogP contribution is 2.18. The van der Waals surface area contributed by atoms with E-state index in [9.17, 15) is 9.18 Å². The first-order chi connectivity index (χ1) is 9.81. The van der Waals surface area contributed by atoms with E-state index in [2.05, 4.69) is 19.2 Å². The van der Waals surface area contributed by atoms with Crippen molar-refractivity contribution >= 4 is 23.1 Å². The van der Waals surface area contributed by atoms with E-state index in [1.54, 1.807) is 6.92 Å². The summed E-state index contributed by atoms with van der Waals surface area (Å²) >= 11 is 4.72. The Morgan fingerprint density at radius 3 is 2.62 bits per heavy atom. The van der Waals surface area contributed by atoms with E-state index in [1.807, 2.05) is 0 Å². The minimum atomic E-state index is -0.702. The Hall–Kier alpha value is -1.69. The molecule has 1 aromatic carbocycles. The van der Waals surface area contributed by atoms with Gasteiger partial charge in [-0.1, -0.05) is 26.1 Å². The van der Waals surface area contributed by atoms with E-state index in [4.69, 9.17) is 22.7 Å². The second kappa shape index (κ2) is 7.93. The van der Waals surface area contributed by atoms with E-state index in [0.717, 1.165) is 6.42 Å². The molecule has 1 aromatic rings. The van der Waals surface area contributed by atoms with Gasteiger partial charge in [0.2, 0.25) is 0 Å². The number of thiocarbonyl (C=S) groups is 1. The molecule has 0 aliphatic rings. The third-order valence-electron chi connectivity index (χ3n) is 2.91. The molecule has 0 radical (unpaired) electrons. The number of nitrogens with one attached hydrogen (secondary N) is 1. The molecular weight excluding hydrogens is 291 g/mol. The highest BCUT2D eigenvalue weighted by atomic mass is 32.1. The summed E-state index contributed by atoms with van der Waals surface area (Å²) in [6.45, 7) is 6.37. The maximum Gasteiger partial charge on any atom is 0.260 e. The van der Waals surface area contributed by atoms with E-state index < -0.39 is 11.9 Å². The number of carbonyl (C=O) groups excluding carboxylic acids is 1. The summed E-state index contributed by atoms with van der Waals surface area (Å²) in [4.78, 5) is 11.8. The molecule has 4 nitrogen and oxygen atoms in total. The zero-order valence-corrected chi connectivity index (χ0v) is 13.3. The summed E-state index contributed by atoms with van der Waals surface area (Å²) < 4.78 is 19.1. The molecule has 3 N–H and O–H groups in total. The van der Waals surface area contributed by atoms with Gasteiger partial charge < -0.3 is 15.8 Å². The smallest absolute Gasteiger partial charge is 0.260 e. The molecule has 21 heavy (non-hydrogen) atoms. The largest absolute Gasteiger partial charge is 0.481 e. The molecule has 0 fully saturated rings. The fourth-order valence-corrected chi connectivity index (χ4v) is 1.82. The number of hydrogen-bond acceptors (Lipinski definition) is 3. The molecule has 0 aromatic heterocycles. The second-order valence-corrected chi connectivity index (χ2v) is 5.68. The van der Waals surface area contributed by atoms with Crippen LogP contribution in [0, 0.1) is 11.7 Å². The number of carbonyl (C=O) groups is 1. The van der Waals surface area contributed by atoms with Crippen molar-refractivity contribution < 1.29 is 13.9 Å².